The summed E-state index contributed by atoms with van der Waals surface area (Å²) in [6.45, 7) is 0.896. The first-order chi connectivity index (χ1) is 11.2. The molecule has 2 aromatic rings. The Morgan fingerprint density at radius 1 is 1.09 bits per heavy atom. The molecule has 0 aromatic heterocycles. The van der Waals surface area contributed by atoms with Crippen LogP contribution in [0.3, 0.4) is 0 Å². The lowest BCUT2D eigenvalue weighted by Crippen LogP contribution is -2.46. The molecule has 4 nitrogen and oxygen atoms in total. The number of benzene rings is 2. The van der Waals surface area contributed by atoms with Crippen LogP contribution in [-0.2, 0) is 6.42 Å². The van der Waals surface area contributed by atoms with Crippen molar-refractivity contribution in [3.63, 3.8) is 0 Å². The van der Waals surface area contributed by atoms with Gasteiger partial charge in [-0.15, -0.1) is 0 Å². The first-order valence-corrected chi connectivity index (χ1v) is 8.05. The molecule has 0 saturated heterocycles. The Morgan fingerprint density at radius 3 is 2.61 bits per heavy atom. The summed E-state index contributed by atoms with van der Waals surface area (Å²) in [5.74, 6) is 1.54. The van der Waals surface area contributed by atoms with Crippen LogP contribution in [0.25, 0.3) is 0 Å². The molecule has 1 N–H and O–H groups in total. The molecule has 0 spiro atoms. The molecular formula is C18H18N2O2S. The standard InChI is InChI=1S/C18H18N2O2S/c1-21-15-9-11-7-8-20-17(13(11)10-16(15)22-2)12-5-3-4-6-14(12)19-18(20)23/h3-6,9-10,17H,7-8H2,1-2H3,(H,19,23). The first kappa shape index (κ1) is 14.3. The lowest BCUT2D eigenvalue weighted by atomic mass is 9.86. The number of fused-ring (bicyclic) bond motifs is 5. The third-order valence-corrected chi connectivity index (χ3v) is 4.97. The second-order valence-corrected chi connectivity index (χ2v) is 6.16. The Morgan fingerprint density at radius 2 is 1.83 bits per heavy atom. The van der Waals surface area contributed by atoms with Crippen molar-refractivity contribution >= 4 is 23.0 Å². The maximum absolute atomic E-state index is 5.58. The number of nitrogens with zero attached hydrogens (tertiary/aromatic N) is 1. The number of para-hydroxylation sites is 1. The highest BCUT2D eigenvalue weighted by Crippen LogP contribution is 2.44. The predicted octanol–water partition coefficient (Wildman–Crippen LogP) is 3.36. The molecule has 118 valence electrons. The Bertz CT molecular complexity index is 791. The Kier molecular flexibility index (Phi) is 3.38. The van der Waals surface area contributed by atoms with Crippen LogP contribution in [0.2, 0.25) is 0 Å². The highest BCUT2D eigenvalue weighted by molar-refractivity contribution is 7.80. The number of ether oxygens (including phenoxy) is 2. The smallest absolute Gasteiger partial charge is 0.174 e. The molecule has 0 saturated carbocycles. The highest BCUT2D eigenvalue weighted by Gasteiger charge is 2.36. The molecular weight excluding hydrogens is 308 g/mol. The zero-order chi connectivity index (χ0) is 16.0. The minimum Gasteiger partial charge on any atom is -0.493 e. The van der Waals surface area contributed by atoms with Crippen molar-refractivity contribution in [2.24, 2.45) is 0 Å². The van der Waals surface area contributed by atoms with Gasteiger partial charge in [0.25, 0.3) is 0 Å². The van der Waals surface area contributed by atoms with E-state index in [9.17, 15) is 0 Å². The number of rotatable bonds is 2. The summed E-state index contributed by atoms with van der Waals surface area (Å²) in [6.07, 6.45) is 0.941. The van der Waals surface area contributed by atoms with Crippen molar-refractivity contribution in [3.05, 3.63) is 53.1 Å². The van der Waals surface area contributed by atoms with E-state index < -0.39 is 0 Å². The molecule has 2 aliphatic heterocycles. The van der Waals surface area contributed by atoms with E-state index in [1.807, 2.05) is 6.07 Å². The predicted molar refractivity (Wildman–Crippen MR) is 94.5 cm³/mol. The van der Waals surface area contributed by atoms with Crippen LogP contribution in [0, 0.1) is 0 Å². The van der Waals surface area contributed by atoms with E-state index in [1.165, 1.54) is 16.7 Å². The summed E-state index contributed by atoms with van der Waals surface area (Å²) < 4.78 is 11.0. The van der Waals surface area contributed by atoms with Crippen LogP contribution in [0.1, 0.15) is 22.7 Å². The molecule has 0 bridgehead atoms. The van der Waals surface area contributed by atoms with Crippen molar-refractivity contribution in [1.29, 1.82) is 0 Å². The van der Waals surface area contributed by atoms with Crippen LogP contribution < -0.4 is 14.8 Å². The number of hydrogen-bond donors (Lipinski definition) is 1. The van der Waals surface area contributed by atoms with Crippen molar-refractivity contribution in [3.8, 4) is 11.5 Å². The number of anilines is 1. The van der Waals surface area contributed by atoms with Crippen LogP contribution in [-0.4, -0.2) is 30.8 Å². The molecule has 2 aliphatic rings. The third-order valence-electron chi connectivity index (χ3n) is 4.63. The maximum Gasteiger partial charge on any atom is 0.174 e. The average Bonchev–Trinajstić information content (AvgIpc) is 2.60. The van der Waals surface area contributed by atoms with Crippen molar-refractivity contribution in [2.75, 3.05) is 26.1 Å². The number of nitrogens with one attached hydrogen (secondary N) is 1. The summed E-state index contributed by atoms with van der Waals surface area (Å²) in [7, 11) is 3.35. The lowest BCUT2D eigenvalue weighted by molar-refractivity contribution is 0.327. The molecule has 2 aromatic carbocycles. The summed E-state index contributed by atoms with van der Waals surface area (Å²) in [4.78, 5) is 2.26. The van der Waals surface area contributed by atoms with Gasteiger partial charge in [0.05, 0.1) is 20.3 Å². The molecule has 0 aliphatic carbocycles. The zero-order valence-corrected chi connectivity index (χ0v) is 13.9. The second-order valence-electron chi connectivity index (χ2n) is 5.77. The summed E-state index contributed by atoms with van der Waals surface area (Å²) in [5.41, 5.74) is 4.87. The molecule has 0 fully saturated rings. The minimum absolute atomic E-state index is 0.128. The fourth-order valence-electron chi connectivity index (χ4n) is 3.54. The van der Waals surface area contributed by atoms with Crippen LogP contribution in [0.5, 0.6) is 11.5 Å². The van der Waals surface area contributed by atoms with E-state index in [4.69, 9.17) is 21.7 Å². The molecule has 0 radical (unpaired) electrons. The Labute approximate surface area is 141 Å². The molecule has 2 heterocycles. The quantitative estimate of drug-likeness (QED) is 0.856. The zero-order valence-electron chi connectivity index (χ0n) is 13.1. The van der Waals surface area contributed by atoms with Gasteiger partial charge in [-0.25, -0.2) is 0 Å². The maximum atomic E-state index is 5.58. The molecule has 1 atom stereocenters. The Hall–Kier alpha value is -2.27. The number of hydrogen-bond acceptors (Lipinski definition) is 3. The monoisotopic (exact) mass is 326 g/mol. The first-order valence-electron chi connectivity index (χ1n) is 7.64. The van der Waals surface area contributed by atoms with Crippen LogP contribution in [0.15, 0.2) is 36.4 Å². The van der Waals surface area contributed by atoms with Gasteiger partial charge in [-0.2, -0.15) is 0 Å². The van der Waals surface area contributed by atoms with Crippen molar-refractivity contribution < 1.29 is 9.47 Å². The van der Waals surface area contributed by atoms with Gasteiger partial charge in [0, 0.05) is 17.8 Å². The molecule has 5 heteroatoms. The summed E-state index contributed by atoms with van der Waals surface area (Å²) in [6, 6.07) is 12.7. The van der Waals surface area contributed by atoms with E-state index in [-0.39, 0.29) is 6.04 Å². The number of methoxy groups -OCH3 is 2. The highest BCUT2D eigenvalue weighted by atomic mass is 32.1. The van der Waals surface area contributed by atoms with Gasteiger partial charge in [-0.3, -0.25) is 0 Å². The van der Waals surface area contributed by atoms with E-state index >= 15 is 0 Å². The van der Waals surface area contributed by atoms with Crippen molar-refractivity contribution in [2.45, 2.75) is 12.5 Å². The van der Waals surface area contributed by atoms with Crippen molar-refractivity contribution in [1.82, 2.24) is 4.90 Å². The van der Waals surface area contributed by atoms with E-state index in [0.29, 0.717) is 0 Å². The fraction of sp³-hybridized carbons (Fsp3) is 0.278. The summed E-state index contributed by atoms with van der Waals surface area (Å²) >= 11 is 5.58. The fourth-order valence-corrected chi connectivity index (χ4v) is 3.84. The normalized spacial score (nSPS) is 18.4. The topological polar surface area (TPSA) is 33.7 Å². The molecule has 1 unspecified atom stereocenters. The van der Waals surface area contributed by atoms with Crippen LogP contribution >= 0.6 is 12.2 Å². The van der Waals surface area contributed by atoms with Gasteiger partial charge in [0.15, 0.2) is 16.6 Å². The van der Waals surface area contributed by atoms with Gasteiger partial charge in [0.2, 0.25) is 0 Å². The van der Waals surface area contributed by atoms with Gasteiger partial charge >= 0.3 is 0 Å². The van der Waals surface area contributed by atoms with E-state index in [0.717, 1.165) is 35.3 Å². The average molecular weight is 326 g/mol. The van der Waals surface area contributed by atoms with E-state index in [2.05, 4.69) is 40.5 Å². The summed E-state index contributed by atoms with van der Waals surface area (Å²) in [5, 5.41) is 4.13. The minimum atomic E-state index is 0.128. The largest absolute Gasteiger partial charge is 0.493 e. The molecule has 23 heavy (non-hydrogen) atoms. The Balaban J connectivity index is 1.92. The van der Waals surface area contributed by atoms with E-state index in [1.54, 1.807) is 14.2 Å². The van der Waals surface area contributed by atoms with Gasteiger partial charge in [-0.1, -0.05) is 18.2 Å². The lowest BCUT2D eigenvalue weighted by Gasteiger charge is -2.43. The van der Waals surface area contributed by atoms with Crippen LogP contribution in [0.4, 0.5) is 5.69 Å². The molecule has 0 amide bonds. The number of thiocarbonyl (C=S) groups is 1. The van der Waals surface area contributed by atoms with Gasteiger partial charge < -0.3 is 19.7 Å². The second kappa shape index (κ2) is 5.42. The molecule has 4 rings (SSSR count). The SMILES string of the molecule is COc1cc2c(cc1OC)C1c3ccccc3NC(=S)N1CC2. The third kappa shape index (κ3) is 2.15. The van der Waals surface area contributed by atoms with Gasteiger partial charge in [-0.05, 0) is 48.0 Å². The van der Waals surface area contributed by atoms with Gasteiger partial charge in [0.1, 0.15) is 0 Å².